The molecule has 160 valence electrons. The van der Waals surface area contributed by atoms with Gasteiger partial charge in [0.25, 0.3) is 0 Å². The highest BCUT2D eigenvalue weighted by molar-refractivity contribution is 6.69. The van der Waals surface area contributed by atoms with E-state index in [2.05, 4.69) is 103 Å². The quantitative estimate of drug-likeness (QED) is 0.369. The molecule has 0 fully saturated rings. The maximum absolute atomic E-state index is 10.1. The molecular formula is C27H32N2OSi. The van der Waals surface area contributed by atoms with Crippen molar-refractivity contribution in [1.29, 1.82) is 5.26 Å². The Kier molecular flexibility index (Phi) is 8.19. The molecular weight excluding hydrogens is 396 g/mol. The Morgan fingerprint density at radius 2 is 1.16 bits per heavy atom. The van der Waals surface area contributed by atoms with Crippen LogP contribution in [0, 0.1) is 11.3 Å². The Labute approximate surface area is 188 Å². The molecule has 0 radical (unpaired) electrons. The van der Waals surface area contributed by atoms with Crippen molar-refractivity contribution in [3.8, 4) is 6.07 Å². The van der Waals surface area contributed by atoms with Crippen molar-refractivity contribution < 1.29 is 4.43 Å². The molecule has 0 aromatic heterocycles. The second kappa shape index (κ2) is 11.1. The van der Waals surface area contributed by atoms with E-state index in [1.54, 1.807) is 0 Å². The molecule has 0 aliphatic heterocycles. The van der Waals surface area contributed by atoms with Gasteiger partial charge in [0.15, 0.2) is 8.32 Å². The maximum Gasteiger partial charge on any atom is 0.185 e. The van der Waals surface area contributed by atoms with E-state index >= 15 is 0 Å². The van der Waals surface area contributed by atoms with Gasteiger partial charge in [-0.15, -0.1) is 0 Å². The molecule has 0 aliphatic rings. The minimum absolute atomic E-state index is 0.0560. The van der Waals surface area contributed by atoms with Crippen LogP contribution in [0.3, 0.4) is 0 Å². The number of hydrogen-bond donors (Lipinski definition) is 0. The summed E-state index contributed by atoms with van der Waals surface area (Å²) in [5.41, 5.74) is 3.69. The molecule has 0 heterocycles. The zero-order valence-electron chi connectivity index (χ0n) is 18.7. The lowest BCUT2D eigenvalue weighted by Crippen LogP contribution is -2.48. The van der Waals surface area contributed by atoms with Crippen LogP contribution in [0.5, 0.6) is 0 Å². The minimum atomic E-state index is -1.90. The van der Waals surface area contributed by atoms with Crippen molar-refractivity contribution in [2.75, 3.05) is 0 Å². The molecule has 0 unspecified atom stereocenters. The fraction of sp³-hybridized carbons (Fsp3) is 0.296. The SMILES string of the molecule is C[Si](C)(C)O[C@H](C#N)[C@H](Cc1ccccc1)N(Cc1ccccc1)Cc1ccccc1. The third-order valence-corrected chi connectivity index (χ3v) is 6.13. The normalized spacial score (nSPS) is 13.5. The number of nitriles is 1. The van der Waals surface area contributed by atoms with Gasteiger partial charge in [-0.05, 0) is 42.8 Å². The molecule has 3 aromatic carbocycles. The molecule has 31 heavy (non-hydrogen) atoms. The van der Waals surface area contributed by atoms with Crippen molar-refractivity contribution in [2.45, 2.75) is 51.3 Å². The van der Waals surface area contributed by atoms with Crippen molar-refractivity contribution in [3.63, 3.8) is 0 Å². The molecule has 0 saturated carbocycles. The summed E-state index contributed by atoms with van der Waals surface area (Å²) in [4.78, 5) is 2.41. The van der Waals surface area contributed by atoms with Gasteiger partial charge in [0, 0.05) is 13.1 Å². The summed E-state index contributed by atoms with van der Waals surface area (Å²) in [5.74, 6) is 0. The smallest absolute Gasteiger partial charge is 0.185 e. The highest BCUT2D eigenvalue weighted by Crippen LogP contribution is 2.23. The van der Waals surface area contributed by atoms with E-state index in [0.29, 0.717) is 0 Å². The summed E-state index contributed by atoms with van der Waals surface area (Å²) in [7, 11) is -1.90. The molecule has 3 rings (SSSR count). The number of rotatable bonds is 10. The van der Waals surface area contributed by atoms with Gasteiger partial charge < -0.3 is 4.43 Å². The molecule has 0 aliphatic carbocycles. The zero-order valence-corrected chi connectivity index (χ0v) is 19.7. The zero-order chi connectivity index (χ0) is 22.1. The Bertz CT molecular complexity index is 908. The molecule has 0 saturated heterocycles. The summed E-state index contributed by atoms with van der Waals surface area (Å²) >= 11 is 0. The Morgan fingerprint density at radius 3 is 1.55 bits per heavy atom. The van der Waals surface area contributed by atoms with Crippen LogP contribution in [0.1, 0.15) is 16.7 Å². The number of hydrogen-bond acceptors (Lipinski definition) is 3. The lowest BCUT2D eigenvalue weighted by Gasteiger charge is -2.37. The molecule has 0 spiro atoms. The van der Waals surface area contributed by atoms with Crippen LogP contribution in [-0.2, 0) is 23.9 Å². The largest absolute Gasteiger partial charge is 0.401 e. The summed E-state index contributed by atoms with van der Waals surface area (Å²) in [6.07, 6.45) is 0.280. The summed E-state index contributed by atoms with van der Waals surface area (Å²) in [6.45, 7) is 7.97. The first-order valence-corrected chi connectivity index (χ1v) is 14.3. The number of nitrogens with zero attached hydrogens (tertiary/aromatic N) is 2. The molecule has 0 amide bonds. The van der Waals surface area contributed by atoms with Gasteiger partial charge in [-0.3, -0.25) is 4.90 Å². The standard InChI is InChI=1S/C27H32N2OSi/c1-31(2,3)30-27(20-28)26(19-23-13-7-4-8-14-23)29(21-24-15-9-5-10-16-24)22-25-17-11-6-12-18-25/h4-18,26-27H,19,21-22H2,1-3H3/t26-,27+/m0/s1. The Balaban J connectivity index is 1.97. The highest BCUT2D eigenvalue weighted by Gasteiger charge is 2.32. The van der Waals surface area contributed by atoms with Crippen molar-refractivity contribution in [2.24, 2.45) is 0 Å². The first-order valence-electron chi connectivity index (χ1n) is 10.9. The Hall–Kier alpha value is -2.71. The van der Waals surface area contributed by atoms with Crippen LogP contribution >= 0.6 is 0 Å². The number of benzene rings is 3. The molecule has 3 aromatic rings. The minimum Gasteiger partial charge on any atom is -0.401 e. The van der Waals surface area contributed by atoms with Crippen LogP contribution in [0.25, 0.3) is 0 Å². The fourth-order valence-electron chi connectivity index (χ4n) is 3.78. The van der Waals surface area contributed by atoms with E-state index in [9.17, 15) is 5.26 Å². The van der Waals surface area contributed by atoms with E-state index in [1.165, 1.54) is 16.7 Å². The van der Waals surface area contributed by atoms with Gasteiger partial charge >= 0.3 is 0 Å². The topological polar surface area (TPSA) is 36.3 Å². The fourth-order valence-corrected chi connectivity index (χ4v) is 4.75. The van der Waals surface area contributed by atoms with Crippen LogP contribution in [0.2, 0.25) is 19.6 Å². The summed E-state index contributed by atoms with van der Waals surface area (Å²) in [5, 5.41) is 10.1. The van der Waals surface area contributed by atoms with E-state index < -0.39 is 14.4 Å². The second-order valence-corrected chi connectivity index (χ2v) is 13.4. The predicted octanol–water partition coefficient (Wildman–Crippen LogP) is 6.04. The van der Waals surface area contributed by atoms with Gasteiger partial charge in [0.1, 0.15) is 6.10 Å². The van der Waals surface area contributed by atoms with Crippen LogP contribution in [-0.4, -0.2) is 25.4 Å². The molecule has 4 heteroatoms. The third-order valence-electron chi connectivity index (χ3n) is 5.17. The van der Waals surface area contributed by atoms with Gasteiger partial charge in [0.2, 0.25) is 0 Å². The van der Waals surface area contributed by atoms with Crippen molar-refractivity contribution in [1.82, 2.24) is 4.90 Å². The first-order chi connectivity index (χ1) is 14.9. The van der Waals surface area contributed by atoms with Gasteiger partial charge in [0.05, 0.1) is 12.1 Å². The van der Waals surface area contributed by atoms with E-state index in [4.69, 9.17) is 4.43 Å². The molecule has 3 nitrogen and oxygen atoms in total. The third kappa shape index (κ3) is 7.48. The second-order valence-electron chi connectivity index (χ2n) is 8.91. The maximum atomic E-state index is 10.1. The molecule has 0 N–H and O–H groups in total. The summed E-state index contributed by atoms with van der Waals surface area (Å²) < 4.78 is 6.41. The average molecular weight is 429 g/mol. The monoisotopic (exact) mass is 428 g/mol. The van der Waals surface area contributed by atoms with E-state index in [-0.39, 0.29) is 6.04 Å². The van der Waals surface area contributed by atoms with Gasteiger partial charge in [-0.2, -0.15) is 5.26 Å². The van der Waals surface area contributed by atoms with Gasteiger partial charge in [-0.25, -0.2) is 0 Å². The highest BCUT2D eigenvalue weighted by atomic mass is 28.4. The van der Waals surface area contributed by atoms with E-state index in [0.717, 1.165) is 19.5 Å². The van der Waals surface area contributed by atoms with Crippen LogP contribution in [0.15, 0.2) is 91.0 Å². The van der Waals surface area contributed by atoms with Crippen molar-refractivity contribution >= 4 is 8.32 Å². The average Bonchev–Trinajstić information content (AvgIpc) is 2.77. The lowest BCUT2D eigenvalue weighted by atomic mass is 9.98. The predicted molar refractivity (Wildman–Crippen MR) is 130 cm³/mol. The van der Waals surface area contributed by atoms with Crippen LogP contribution in [0.4, 0.5) is 0 Å². The van der Waals surface area contributed by atoms with E-state index in [1.807, 2.05) is 18.2 Å². The molecule has 0 bridgehead atoms. The Morgan fingerprint density at radius 1 is 0.742 bits per heavy atom. The van der Waals surface area contributed by atoms with Crippen LogP contribution < -0.4 is 0 Å². The molecule has 2 atom stereocenters. The summed E-state index contributed by atoms with van der Waals surface area (Å²) in [6, 6.07) is 33.9. The lowest BCUT2D eigenvalue weighted by molar-refractivity contribution is 0.0811. The van der Waals surface area contributed by atoms with Crippen molar-refractivity contribution in [3.05, 3.63) is 108 Å². The van der Waals surface area contributed by atoms with Gasteiger partial charge in [-0.1, -0.05) is 91.0 Å². The first kappa shape index (κ1) is 23.0.